The molecule has 18 heteroatoms. The van der Waals surface area contributed by atoms with Crippen LogP contribution in [0.25, 0.3) is 11.2 Å². The van der Waals surface area contributed by atoms with Gasteiger partial charge in [0.25, 0.3) is 5.56 Å². The Labute approximate surface area is 154 Å². The van der Waals surface area contributed by atoms with Crippen LogP contribution in [0.1, 0.15) is 6.23 Å². The average Bonchev–Trinajstić information content (AvgIpc) is 3.06. The molecule has 0 unspecified atom stereocenters. The van der Waals surface area contributed by atoms with Crippen molar-refractivity contribution in [1.82, 2.24) is 19.5 Å². The predicted octanol–water partition coefficient (Wildman–Crippen LogP) is -2.45. The summed E-state index contributed by atoms with van der Waals surface area (Å²) in [4.78, 5) is 57.5. The number of nitrogen functional groups attached to an aromatic ring is 1. The van der Waals surface area contributed by atoms with Crippen molar-refractivity contribution in [3.05, 3.63) is 16.7 Å². The Kier molecular flexibility index (Phi) is 5.46. The maximum Gasteiger partial charge on any atom is 0.470 e. The minimum Gasteiger partial charge on any atom is -0.387 e. The quantitative estimate of drug-likeness (QED) is 0.229. The van der Waals surface area contributed by atoms with Crippen LogP contribution in [0.2, 0.25) is 0 Å². The van der Waals surface area contributed by atoms with E-state index in [4.69, 9.17) is 30.0 Å². The van der Waals surface area contributed by atoms with Crippen molar-refractivity contribution in [2.24, 2.45) is 0 Å². The minimum atomic E-state index is -5.13. The number of aromatic amines is 1. The number of aliphatic hydroxyl groups excluding tert-OH is 1. The Balaban J connectivity index is 2.00. The first-order chi connectivity index (χ1) is 12.9. The molecular formula is C10H15N5O11P2. The van der Waals surface area contributed by atoms with Crippen LogP contribution in [0.4, 0.5) is 5.95 Å². The number of hydrogen-bond acceptors (Lipinski definition) is 10. The first-order valence-corrected chi connectivity index (χ1v) is 10.4. The molecule has 156 valence electrons. The molecule has 28 heavy (non-hydrogen) atoms. The van der Waals surface area contributed by atoms with Gasteiger partial charge in [-0.25, -0.2) is 14.1 Å². The molecule has 8 N–H and O–H groups in total. The van der Waals surface area contributed by atoms with Crippen molar-refractivity contribution in [3.8, 4) is 0 Å². The van der Waals surface area contributed by atoms with Crippen molar-refractivity contribution in [1.29, 1.82) is 0 Å². The number of H-pyrrole nitrogens is 1. The first-order valence-electron chi connectivity index (χ1n) is 7.35. The number of imidazole rings is 1. The summed E-state index contributed by atoms with van der Waals surface area (Å²) in [5.74, 6) is -0.286. The zero-order valence-corrected chi connectivity index (χ0v) is 15.4. The van der Waals surface area contributed by atoms with Gasteiger partial charge < -0.3 is 35.2 Å². The number of nitrogens with zero attached hydrogens (tertiary/aromatic N) is 3. The summed E-state index contributed by atoms with van der Waals surface area (Å²) < 4.78 is 37.4. The molecular weight excluding hydrogens is 428 g/mol. The van der Waals surface area contributed by atoms with E-state index in [1.165, 1.54) is 0 Å². The van der Waals surface area contributed by atoms with Crippen LogP contribution in [-0.4, -0.2) is 69.1 Å². The van der Waals surface area contributed by atoms with Crippen LogP contribution in [0.3, 0.4) is 0 Å². The lowest BCUT2D eigenvalue weighted by atomic mass is 10.1. The van der Waals surface area contributed by atoms with Crippen LogP contribution < -0.4 is 11.3 Å². The maximum atomic E-state index is 11.9. The molecule has 3 rings (SSSR count). The topological polar surface area (TPSA) is 253 Å². The van der Waals surface area contributed by atoms with Gasteiger partial charge in [0.15, 0.2) is 17.4 Å². The average molecular weight is 443 g/mol. The minimum absolute atomic E-state index is 0.144. The van der Waals surface area contributed by atoms with E-state index in [1.807, 2.05) is 0 Å². The maximum absolute atomic E-state index is 11.9. The zero-order chi connectivity index (χ0) is 20.9. The van der Waals surface area contributed by atoms with E-state index in [0.29, 0.717) is 0 Å². The Morgan fingerprint density at radius 2 is 1.96 bits per heavy atom. The number of fused-ring (bicyclic) bond motifs is 1. The lowest BCUT2D eigenvalue weighted by molar-refractivity contribution is -0.0498. The van der Waals surface area contributed by atoms with Crippen molar-refractivity contribution >= 4 is 32.8 Å². The molecule has 0 aromatic carbocycles. The van der Waals surface area contributed by atoms with Crippen molar-refractivity contribution in [2.75, 3.05) is 12.3 Å². The van der Waals surface area contributed by atoms with E-state index >= 15 is 0 Å². The monoisotopic (exact) mass is 443 g/mol. The number of hydrogen-bond donors (Lipinski definition) is 7. The molecule has 0 saturated carbocycles. The number of anilines is 1. The third kappa shape index (κ3) is 4.47. The van der Waals surface area contributed by atoms with E-state index in [9.17, 15) is 19.0 Å². The number of nitrogens with one attached hydrogen (secondary N) is 1. The molecule has 0 aliphatic carbocycles. The fourth-order valence-corrected chi connectivity index (χ4v) is 3.54. The van der Waals surface area contributed by atoms with Crippen LogP contribution in [0.5, 0.6) is 0 Å². The molecule has 0 radical (unpaired) electrons. The van der Waals surface area contributed by atoms with Gasteiger partial charge in [-0.2, -0.15) is 4.98 Å². The van der Waals surface area contributed by atoms with Gasteiger partial charge in [0.2, 0.25) is 5.95 Å². The Bertz CT molecular complexity index is 1030. The Morgan fingerprint density at radius 3 is 2.57 bits per heavy atom. The number of nitrogens with two attached hydrogens (primary N) is 1. The normalized spacial score (nSPS) is 26.2. The molecule has 2 aromatic heterocycles. The summed E-state index contributed by atoms with van der Waals surface area (Å²) in [7, 11) is -10.0. The Hall–Kier alpha value is -1.71. The molecule has 0 amide bonds. The van der Waals surface area contributed by atoms with Crippen molar-refractivity contribution in [3.63, 3.8) is 0 Å². The second-order valence-electron chi connectivity index (χ2n) is 5.68. The smallest absolute Gasteiger partial charge is 0.387 e. The third-order valence-electron chi connectivity index (χ3n) is 3.70. The highest BCUT2D eigenvalue weighted by Crippen LogP contribution is 2.46. The largest absolute Gasteiger partial charge is 0.470 e. The zero-order valence-electron chi connectivity index (χ0n) is 13.6. The van der Waals surface area contributed by atoms with Gasteiger partial charge in [-0.05, 0) is 0 Å². The summed E-state index contributed by atoms with van der Waals surface area (Å²) in [6, 6.07) is 0. The number of rotatable bonds is 6. The molecule has 1 aliphatic rings. The van der Waals surface area contributed by atoms with E-state index in [1.54, 1.807) is 0 Å². The molecule has 0 spiro atoms. The second-order valence-corrected chi connectivity index (χ2v) is 8.11. The van der Waals surface area contributed by atoms with Crippen LogP contribution in [0.15, 0.2) is 11.1 Å². The molecule has 1 saturated heterocycles. The standard InChI is InChI=1S/C10H15N5O11P2/c11-10-13-7-4(8(17)14-10)12-2-15(7)9-6(26-28(21,22)23)5(16)3(25-9)1-24-27(18,19)20/h2-3,5-6,9,16H,1H2,(H2,18,19,20)(H2,21,22,23)(H3,11,13,14,17)/t3-,5-,6-,9-/m1/s1. The summed E-state index contributed by atoms with van der Waals surface area (Å²) >= 11 is 0. The van der Waals surface area contributed by atoms with E-state index in [2.05, 4.69) is 24.0 Å². The highest BCUT2D eigenvalue weighted by molar-refractivity contribution is 7.46. The van der Waals surface area contributed by atoms with Crippen molar-refractivity contribution in [2.45, 2.75) is 24.5 Å². The predicted molar refractivity (Wildman–Crippen MR) is 87.4 cm³/mol. The highest BCUT2D eigenvalue weighted by atomic mass is 31.2. The van der Waals surface area contributed by atoms with E-state index < -0.39 is 52.4 Å². The van der Waals surface area contributed by atoms with Gasteiger partial charge in [0, 0.05) is 0 Å². The number of aromatic nitrogens is 4. The van der Waals surface area contributed by atoms with Crippen LogP contribution in [-0.2, 0) is 22.9 Å². The number of ether oxygens (including phenoxy) is 1. The van der Waals surface area contributed by atoms with E-state index in [0.717, 1.165) is 10.9 Å². The van der Waals surface area contributed by atoms with Gasteiger partial charge in [0.05, 0.1) is 12.9 Å². The van der Waals surface area contributed by atoms with Gasteiger partial charge in [-0.15, -0.1) is 0 Å². The molecule has 16 nitrogen and oxygen atoms in total. The molecule has 2 aromatic rings. The molecule has 3 heterocycles. The molecule has 4 atom stereocenters. The lowest BCUT2D eigenvalue weighted by Gasteiger charge is -2.22. The van der Waals surface area contributed by atoms with Crippen LogP contribution in [0, 0.1) is 0 Å². The summed E-state index contributed by atoms with van der Waals surface area (Å²) in [5, 5.41) is 10.3. The fraction of sp³-hybridized carbons (Fsp3) is 0.500. The van der Waals surface area contributed by atoms with Gasteiger partial charge >= 0.3 is 15.6 Å². The first kappa shape index (κ1) is 21.0. The SMILES string of the molecule is Nc1nc2c(ncn2[C@@H]2O[C@H](COP(=O)(O)O)[C@@H](O)[C@H]2OP(=O)(O)O)c(=O)[nH]1. The van der Waals surface area contributed by atoms with Gasteiger partial charge in [-0.1, -0.05) is 0 Å². The number of phosphoric acid groups is 2. The highest BCUT2D eigenvalue weighted by Gasteiger charge is 2.49. The summed E-state index contributed by atoms with van der Waals surface area (Å²) in [6.45, 7) is -0.828. The van der Waals surface area contributed by atoms with Gasteiger partial charge in [-0.3, -0.25) is 23.4 Å². The molecule has 1 fully saturated rings. The summed E-state index contributed by atoms with van der Waals surface area (Å²) in [6.07, 6.45) is -5.42. The van der Waals surface area contributed by atoms with E-state index in [-0.39, 0.29) is 17.1 Å². The van der Waals surface area contributed by atoms with Crippen LogP contribution >= 0.6 is 15.6 Å². The Morgan fingerprint density at radius 1 is 1.29 bits per heavy atom. The second kappa shape index (κ2) is 7.27. The fourth-order valence-electron chi connectivity index (χ4n) is 2.65. The summed E-state index contributed by atoms with van der Waals surface area (Å²) in [5.41, 5.74) is 4.45. The number of aliphatic hydroxyl groups is 1. The van der Waals surface area contributed by atoms with Gasteiger partial charge in [0.1, 0.15) is 18.3 Å². The third-order valence-corrected chi connectivity index (χ3v) is 4.71. The number of phosphoric ester groups is 2. The molecule has 1 aliphatic heterocycles. The lowest BCUT2D eigenvalue weighted by Crippen LogP contribution is -2.35. The molecule has 0 bridgehead atoms. The van der Waals surface area contributed by atoms with Crippen molar-refractivity contribution < 1.29 is 47.6 Å².